The summed E-state index contributed by atoms with van der Waals surface area (Å²) in [5, 5.41) is 6.61. The summed E-state index contributed by atoms with van der Waals surface area (Å²) >= 11 is 2.79. The van der Waals surface area contributed by atoms with Gasteiger partial charge < -0.3 is 9.64 Å². The van der Waals surface area contributed by atoms with Crippen molar-refractivity contribution < 1.29 is 14.3 Å². The predicted molar refractivity (Wildman–Crippen MR) is 144 cm³/mol. The van der Waals surface area contributed by atoms with Crippen LogP contribution in [0.1, 0.15) is 20.3 Å². The molecule has 0 atom stereocenters. The Morgan fingerprint density at radius 1 is 1.03 bits per heavy atom. The Labute approximate surface area is 215 Å². The van der Waals surface area contributed by atoms with Crippen molar-refractivity contribution in [3.63, 3.8) is 0 Å². The number of hydrogen-bond acceptors (Lipinski definition) is 8. The molecule has 0 radical (unpaired) electrons. The zero-order chi connectivity index (χ0) is 25.4. The molecule has 0 saturated carbocycles. The SMILES string of the molecule is CCOC(=O)CC1=NN(c2ccccc2)C(=O)/C1=c1/s/c(=C2/Sc3ccccc3N2C)c(=O)n1CC. The third kappa shape index (κ3) is 4.06. The maximum atomic E-state index is 13.7. The molecule has 184 valence electrons. The van der Waals surface area contributed by atoms with E-state index in [4.69, 9.17) is 4.74 Å². The van der Waals surface area contributed by atoms with E-state index >= 15 is 0 Å². The van der Waals surface area contributed by atoms with Crippen LogP contribution < -0.4 is 24.7 Å². The van der Waals surface area contributed by atoms with Gasteiger partial charge in [-0.3, -0.25) is 19.0 Å². The normalized spacial score (nSPS) is 18.0. The summed E-state index contributed by atoms with van der Waals surface area (Å²) in [5.74, 6) is -0.856. The van der Waals surface area contributed by atoms with Crippen molar-refractivity contribution in [2.24, 2.45) is 5.10 Å². The van der Waals surface area contributed by atoms with Crippen molar-refractivity contribution in [3.05, 3.63) is 74.1 Å². The molecule has 2 aliphatic rings. The lowest BCUT2D eigenvalue weighted by Crippen LogP contribution is -2.35. The van der Waals surface area contributed by atoms with Crippen molar-refractivity contribution in [2.75, 3.05) is 23.6 Å². The van der Waals surface area contributed by atoms with Gasteiger partial charge in [0.25, 0.3) is 11.5 Å². The number of para-hydroxylation sites is 2. The summed E-state index contributed by atoms with van der Waals surface area (Å²) in [6.07, 6.45) is -0.167. The van der Waals surface area contributed by atoms with Crippen LogP contribution in [0.3, 0.4) is 0 Å². The maximum absolute atomic E-state index is 13.7. The van der Waals surface area contributed by atoms with E-state index in [1.54, 1.807) is 23.6 Å². The Bertz CT molecular complexity index is 1570. The Hall–Kier alpha value is -3.63. The second-order valence-electron chi connectivity index (χ2n) is 8.08. The fraction of sp³-hybridized carbons (Fsp3) is 0.231. The first-order valence-electron chi connectivity index (χ1n) is 11.6. The molecule has 5 rings (SSSR count). The highest BCUT2D eigenvalue weighted by Gasteiger charge is 2.35. The van der Waals surface area contributed by atoms with E-state index in [2.05, 4.69) is 5.10 Å². The molecule has 0 bridgehead atoms. The monoisotopic (exact) mass is 520 g/mol. The number of esters is 1. The molecule has 0 unspecified atom stereocenters. The highest BCUT2D eigenvalue weighted by molar-refractivity contribution is 8.08. The van der Waals surface area contributed by atoms with Crippen molar-refractivity contribution >= 4 is 62.7 Å². The topological polar surface area (TPSA) is 84.2 Å². The highest BCUT2D eigenvalue weighted by Crippen LogP contribution is 2.44. The molecule has 8 nitrogen and oxygen atoms in total. The van der Waals surface area contributed by atoms with Gasteiger partial charge >= 0.3 is 5.97 Å². The average molecular weight is 521 g/mol. The summed E-state index contributed by atoms with van der Waals surface area (Å²) in [7, 11) is 1.93. The summed E-state index contributed by atoms with van der Waals surface area (Å²) < 4.78 is 7.76. The number of aromatic nitrogens is 1. The fourth-order valence-corrected chi connectivity index (χ4v) is 6.77. The van der Waals surface area contributed by atoms with Crippen LogP contribution in [0.25, 0.3) is 10.6 Å². The van der Waals surface area contributed by atoms with Gasteiger partial charge in [-0.05, 0) is 38.1 Å². The second-order valence-corrected chi connectivity index (χ2v) is 10.1. The van der Waals surface area contributed by atoms with Gasteiger partial charge in [0.15, 0.2) is 0 Å². The van der Waals surface area contributed by atoms with Gasteiger partial charge in [0, 0.05) is 18.5 Å². The maximum Gasteiger partial charge on any atom is 0.311 e. The molecule has 0 fully saturated rings. The molecular weight excluding hydrogens is 496 g/mol. The number of amides is 1. The first kappa shape index (κ1) is 24.1. The van der Waals surface area contributed by atoms with E-state index in [0.717, 1.165) is 15.6 Å². The first-order valence-corrected chi connectivity index (χ1v) is 13.2. The number of thioether (sulfide) groups is 1. The molecule has 3 aromatic rings. The number of carbonyl (C=O) groups excluding carboxylic acids is 2. The number of hydrazone groups is 1. The smallest absolute Gasteiger partial charge is 0.311 e. The first-order chi connectivity index (χ1) is 17.4. The number of ether oxygens (including phenoxy) is 1. The van der Waals surface area contributed by atoms with E-state index in [1.807, 2.05) is 61.3 Å². The van der Waals surface area contributed by atoms with Crippen LogP contribution in [0.2, 0.25) is 0 Å². The highest BCUT2D eigenvalue weighted by atomic mass is 32.2. The summed E-state index contributed by atoms with van der Waals surface area (Å²) in [6, 6.07) is 17.0. The number of carbonyl (C=O) groups is 2. The van der Waals surface area contributed by atoms with E-state index < -0.39 is 5.97 Å². The quantitative estimate of drug-likeness (QED) is 0.481. The predicted octanol–water partition coefficient (Wildman–Crippen LogP) is 2.74. The summed E-state index contributed by atoms with van der Waals surface area (Å²) in [5.41, 5.74) is 1.98. The van der Waals surface area contributed by atoms with Crippen LogP contribution in [-0.2, 0) is 20.9 Å². The molecule has 1 aromatic heterocycles. The van der Waals surface area contributed by atoms with Gasteiger partial charge in [-0.2, -0.15) is 10.1 Å². The number of anilines is 2. The van der Waals surface area contributed by atoms with Gasteiger partial charge in [0.1, 0.15) is 14.2 Å². The van der Waals surface area contributed by atoms with Gasteiger partial charge in [-0.15, -0.1) is 11.3 Å². The van der Waals surface area contributed by atoms with E-state index in [1.165, 1.54) is 28.1 Å². The molecule has 36 heavy (non-hydrogen) atoms. The molecule has 0 spiro atoms. The van der Waals surface area contributed by atoms with E-state index in [9.17, 15) is 14.4 Å². The minimum absolute atomic E-state index is 0.167. The fourth-order valence-electron chi connectivity index (χ4n) is 4.20. The number of hydrogen-bond donors (Lipinski definition) is 0. The number of thiazole rings is 1. The molecular formula is C26H24N4O4S2. The zero-order valence-corrected chi connectivity index (χ0v) is 21.7. The molecule has 2 aromatic carbocycles. The average Bonchev–Trinajstić information content (AvgIpc) is 3.50. The molecule has 3 heterocycles. The molecule has 10 heteroatoms. The molecule has 1 amide bonds. The lowest BCUT2D eigenvalue weighted by molar-refractivity contribution is -0.141. The van der Waals surface area contributed by atoms with Gasteiger partial charge in [0.05, 0.1) is 35.7 Å². The lowest BCUT2D eigenvalue weighted by Gasteiger charge is -2.11. The Balaban J connectivity index is 1.73. The van der Waals surface area contributed by atoms with Crippen LogP contribution >= 0.6 is 23.1 Å². The minimum atomic E-state index is -0.477. The van der Waals surface area contributed by atoms with E-state index in [-0.39, 0.29) is 35.8 Å². The van der Waals surface area contributed by atoms with Crippen molar-refractivity contribution in [1.82, 2.24) is 4.57 Å². The number of rotatable bonds is 5. The molecule has 0 aliphatic carbocycles. The minimum Gasteiger partial charge on any atom is -0.466 e. The third-order valence-electron chi connectivity index (χ3n) is 5.88. The molecule has 0 N–H and O–H groups in total. The largest absolute Gasteiger partial charge is 0.466 e. The van der Waals surface area contributed by atoms with Gasteiger partial charge in [0.2, 0.25) is 0 Å². The van der Waals surface area contributed by atoms with Crippen LogP contribution in [0.5, 0.6) is 0 Å². The Kier molecular flexibility index (Phi) is 6.55. The number of benzene rings is 2. The Morgan fingerprint density at radius 2 is 1.75 bits per heavy atom. The van der Waals surface area contributed by atoms with Crippen molar-refractivity contribution in [3.8, 4) is 0 Å². The number of nitrogens with zero attached hydrogens (tertiary/aromatic N) is 4. The van der Waals surface area contributed by atoms with Crippen LogP contribution in [0, 0.1) is 0 Å². The van der Waals surface area contributed by atoms with Crippen molar-refractivity contribution in [1.29, 1.82) is 0 Å². The Morgan fingerprint density at radius 3 is 2.44 bits per heavy atom. The van der Waals surface area contributed by atoms with Crippen LogP contribution in [0.4, 0.5) is 11.4 Å². The van der Waals surface area contributed by atoms with Gasteiger partial charge in [-0.25, -0.2) is 0 Å². The van der Waals surface area contributed by atoms with Crippen LogP contribution in [-0.4, -0.2) is 35.8 Å². The van der Waals surface area contributed by atoms with Crippen LogP contribution in [0.15, 0.2) is 69.4 Å². The second kappa shape index (κ2) is 9.79. The molecule has 2 aliphatic heterocycles. The van der Waals surface area contributed by atoms with E-state index in [0.29, 0.717) is 21.4 Å². The molecule has 0 saturated heterocycles. The lowest BCUT2D eigenvalue weighted by atomic mass is 10.1. The standard InChI is InChI=1S/C26H24N4O4S2/c1-4-29-24(33)22(26-28(3)18-13-9-10-14-19(18)35-26)36-25(29)21-17(15-20(31)34-5-2)27-30(23(21)32)16-11-7-6-8-12-16/h6-14H,4-5,15H2,1-3H3/b25-21+,26-22+. The van der Waals surface area contributed by atoms with Crippen molar-refractivity contribution in [2.45, 2.75) is 31.7 Å². The van der Waals surface area contributed by atoms with Gasteiger partial charge in [-0.1, -0.05) is 42.1 Å². The summed E-state index contributed by atoms with van der Waals surface area (Å²) in [4.78, 5) is 42.8. The summed E-state index contributed by atoms with van der Waals surface area (Å²) in [6.45, 7) is 4.19. The third-order valence-corrected chi connectivity index (χ3v) is 8.43. The zero-order valence-electron chi connectivity index (χ0n) is 20.1. The number of fused-ring (bicyclic) bond motifs is 1.